The van der Waals surface area contributed by atoms with E-state index in [1.165, 1.54) is 0 Å². The van der Waals surface area contributed by atoms with Gasteiger partial charge in [-0.15, -0.1) is 0 Å². The molecule has 0 spiro atoms. The lowest BCUT2D eigenvalue weighted by molar-refractivity contribution is 0.0356. The summed E-state index contributed by atoms with van der Waals surface area (Å²) in [5.41, 5.74) is 0. The van der Waals surface area contributed by atoms with E-state index in [0.717, 1.165) is 0 Å². The third kappa shape index (κ3) is 2.84. The van der Waals surface area contributed by atoms with E-state index in [1.54, 1.807) is 6.92 Å². The van der Waals surface area contributed by atoms with E-state index in [2.05, 4.69) is 22.6 Å². The largest absolute Gasteiger partial charge is 0.391 e. The van der Waals surface area contributed by atoms with E-state index in [4.69, 9.17) is 10.2 Å². The quantitative estimate of drug-likeness (QED) is 0.537. The first-order chi connectivity index (χ1) is 3.55. The molecule has 0 rings (SSSR count). The monoisotopic (exact) mass is 230 g/mol. The maximum atomic E-state index is 8.95. The summed E-state index contributed by atoms with van der Waals surface area (Å²) in [5, 5.41) is 17.7. The van der Waals surface area contributed by atoms with Crippen LogP contribution < -0.4 is 0 Å². The van der Waals surface area contributed by atoms with E-state index in [0.29, 0.717) is 0 Å². The van der Waals surface area contributed by atoms with Crippen molar-refractivity contribution in [3.05, 3.63) is 0 Å². The fourth-order valence-corrected chi connectivity index (χ4v) is 0.985. The summed E-state index contributed by atoms with van der Waals surface area (Å²) in [4.78, 5) is 0. The van der Waals surface area contributed by atoms with Crippen LogP contribution in [0.25, 0.3) is 0 Å². The lowest BCUT2D eigenvalue weighted by atomic mass is 10.2. The SMILES string of the molecule is CC(O)[C@@H](O)[C@@H](C)I. The fourth-order valence-electron chi connectivity index (χ4n) is 0.384. The van der Waals surface area contributed by atoms with Crippen molar-refractivity contribution in [2.24, 2.45) is 0 Å². The van der Waals surface area contributed by atoms with Crippen molar-refractivity contribution in [2.45, 2.75) is 30.0 Å². The summed E-state index contributed by atoms with van der Waals surface area (Å²) in [6.07, 6.45) is -1.20. The van der Waals surface area contributed by atoms with Gasteiger partial charge in [0.1, 0.15) is 0 Å². The molecule has 8 heavy (non-hydrogen) atoms. The molecule has 0 saturated carbocycles. The van der Waals surface area contributed by atoms with Crippen molar-refractivity contribution in [3.63, 3.8) is 0 Å². The van der Waals surface area contributed by atoms with Gasteiger partial charge in [-0.1, -0.05) is 29.5 Å². The van der Waals surface area contributed by atoms with Crippen molar-refractivity contribution in [2.75, 3.05) is 0 Å². The molecule has 50 valence electrons. The van der Waals surface area contributed by atoms with Gasteiger partial charge in [-0.2, -0.15) is 0 Å². The number of halogens is 1. The molecule has 0 aromatic carbocycles. The Bertz CT molecular complexity index is 55.4. The van der Waals surface area contributed by atoms with Gasteiger partial charge >= 0.3 is 0 Å². The molecule has 0 saturated heterocycles. The number of rotatable bonds is 2. The van der Waals surface area contributed by atoms with Gasteiger partial charge in [0, 0.05) is 3.92 Å². The number of hydrogen-bond donors (Lipinski definition) is 2. The van der Waals surface area contributed by atoms with Crippen LogP contribution in [-0.2, 0) is 0 Å². The van der Waals surface area contributed by atoms with Gasteiger partial charge in [-0.3, -0.25) is 0 Å². The molecule has 0 aromatic rings. The Morgan fingerprint density at radius 1 is 1.25 bits per heavy atom. The van der Waals surface area contributed by atoms with Crippen molar-refractivity contribution >= 4 is 22.6 Å². The molecule has 3 heteroatoms. The summed E-state index contributed by atoms with van der Waals surface area (Å²) < 4.78 is 0.118. The molecule has 0 aliphatic carbocycles. The molecule has 0 bridgehead atoms. The lowest BCUT2D eigenvalue weighted by Crippen LogP contribution is -2.29. The fraction of sp³-hybridized carbons (Fsp3) is 1.00. The standard InChI is InChI=1S/C5H11IO2/c1-3(6)5(8)4(2)7/h3-5,7-8H,1-2H3/t3-,4?,5+/m1/s1. The van der Waals surface area contributed by atoms with Gasteiger partial charge in [0.25, 0.3) is 0 Å². The first-order valence-corrected chi connectivity index (χ1v) is 3.80. The predicted octanol–water partition coefficient (Wildman–Crippen LogP) is 0.552. The zero-order valence-electron chi connectivity index (χ0n) is 5.00. The van der Waals surface area contributed by atoms with Crippen LogP contribution in [0.2, 0.25) is 0 Å². The summed E-state index contributed by atoms with van der Waals surface area (Å²) in [6.45, 7) is 3.44. The van der Waals surface area contributed by atoms with Crippen molar-refractivity contribution < 1.29 is 10.2 Å². The maximum Gasteiger partial charge on any atom is 0.0910 e. The molecule has 1 unspecified atom stereocenters. The Labute approximate surface area is 63.0 Å². The average Bonchev–Trinajstić information content (AvgIpc) is 1.64. The van der Waals surface area contributed by atoms with Crippen LogP contribution in [0, 0.1) is 0 Å². The molecular weight excluding hydrogens is 219 g/mol. The Morgan fingerprint density at radius 3 is 1.62 bits per heavy atom. The molecule has 0 amide bonds. The number of aliphatic hydroxyl groups excluding tert-OH is 2. The first kappa shape index (κ1) is 8.65. The van der Waals surface area contributed by atoms with E-state index in [1.807, 2.05) is 6.92 Å². The average molecular weight is 230 g/mol. The molecule has 2 nitrogen and oxygen atoms in total. The third-order valence-corrected chi connectivity index (χ3v) is 1.70. The smallest absolute Gasteiger partial charge is 0.0910 e. The van der Waals surface area contributed by atoms with Crippen LogP contribution in [0.4, 0.5) is 0 Å². The highest BCUT2D eigenvalue weighted by Gasteiger charge is 2.15. The Balaban J connectivity index is 3.46. The second kappa shape index (κ2) is 3.63. The third-order valence-electron chi connectivity index (χ3n) is 0.965. The first-order valence-electron chi connectivity index (χ1n) is 2.56. The predicted molar refractivity (Wildman–Crippen MR) is 41.2 cm³/mol. The summed E-state index contributed by atoms with van der Waals surface area (Å²) in [5.74, 6) is 0. The maximum absolute atomic E-state index is 8.95. The van der Waals surface area contributed by atoms with E-state index >= 15 is 0 Å². The normalized spacial score (nSPS) is 22.1. The molecule has 0 fully saturated rings. The minimum Gasteiger partial charge on any atom is -0.391 e. The molecule has 0 aliphatic rings. The second-order valence-corrected chi connectivity index (χ2v) is 3.87. The van der Waals surface area contributed by atoms with Crippen LogP contribution in [0.5, 0.6) is 0 Å². The summed E-state index contributed by atoms with van der Waals surface area (Å²) >= 11 is 2.07. The number of alkyl halides is 1. The second-order valence-electron chi connectivity index (χ2n) is 1.91. The van der Waals surface area contributed by atoms with Gasteiger partial charge in [-0.25, -0.2) is 0 Å². The van der Waals surface area contributed by atoms with Crippen LogP contribution in [-0.4, -0.2) is 26.3 Å². The zero-order chi connectivity index (χ0) is 6.73. The zero-order valence-corrected chi connectivity index (χ0v) is 7.16. The minimum atomic E-state index is -0.609. The Hall–Kier alpha value is 0.650. The Kier molecular flexibility index (Phi) is 3.93. The van der Waals surface area contributed by atoms with Gasteiger partial charge in [0.05, 0.1) is 12.2 Å². The van der Waals surface area contributed by atoms with E-state index in [-0.39, 0.29) is 3.92 Å². The van der Waals surface area contributed by atoms with Crippen LogP contribution >= 0.6 is 22.6 Å². The van der Waals surface area contributed by atoms with Gasteiger partial charge < -0.3 is 10.2 Å². The topological polar surface area (TPSA) is 40.5 Å². The molecule has 2 N–H and O–H groups in total. The number of hydrogen-bond acceptors (Lipinski definition) is 2. The van der Waals surface area contributed by atoms with E-state index < -0.39 is 12.2 Å². The molecule has 3 atom stereocenters. The Morgan fingerprint density at radius 2 is 1.62 bits per heavy atom. The molecule has 0 aromatic heterocycles. The van der Waals surface area contributed by atoms with Crippen LogP contribution in [0.1, 0.15) is 13.8 Å². The highest BCUT2D eigenvalue weighted by atomic mass is 127. The summed E-state index contributed by atoms with van der Waals surface area (Å²) in [7, 11) is 0. The van der Waals surface area contributed by atoms with Gasteiger partial charge in [-0.05, 0) is 6.92 Å². The minimum absolute atomic E-state index is 0.118. The van der Waals surface area contributed by atoms with Crippen molar-refractivity contribution in [1.82, 2.24) is 0 Å². The molecule has 0 aliphatic heterocycles. The highest BCUT2D eigenvalue weighted by molar-refractivity contribution is 14.1. The van der Waals surface area contributed by atoms with Crippen molar-refractivity contribution in [3.8, 4) is 0 Å². The lowest BCUT2D eigenvalue weighted by Gasteiger charge is -2.14. The van der Waals surface area contributed by atoms with Crippen LogP contribution in [0.15, 0.2) is 0 Å². The van der Waals surface area contributed by atoms with Crippen LogP contribution in [0.3, 0.4) is 0 Å². The van der Waals surface area contributed by atoms with Crippen molar-refractivity contribution in [1.29, 1.82) is 0 Å². The molecular formula is C5H11IO2. The highest BCUT2D eigenvalue weighted by Crippen LogP contribution is 2.07. The summed E-state index contributed by atoms with van der Waals surface area (Å²) in [6, 6.07) is 0. The number of aliphatic hydroxyl groups is 2. The molecule has 0 heterocycles. The van der Waals surface area contributed by atoms with E-state index in [9.17, 15) is 0 Å². The van der Waals surface area contributed by atoms with Gasteiger partial charge in [0.15, 0.2) is 0 Å². The van der Waals surface area contributed by atoms with Gasteiger partial charge in [0.2, 0.25) is 0 Å². The molecule has 0 radical (unpaired) electrons.